The fourth-order valence-electron chi connectivity index (χ4n) is 1.60. The van der Waals surface area contributed by atoms with E-state index in [1.165, 1.54) is 11.3 Å². The smallest absolute Gasteiger partial charge is 0.0673 e. The van der Waals surface area contributed by atoms with Crippen LogP contribution in [0.3, 0.4) is 0 Å². The molecule has 0 aliphatic heterocycles. The summed E-state index contributed by atoms with van der Waals surface area (Å²) in [6, 6.07) is 2.03. The molecule has 0 saturated heterocycles. The third-order valence-electron chi connectivity index (χ3n) is 2.55. The van der Waals surface area contributed by atoms with Crippen molar-refractivity contribution in [3.63, 3.8) is 0 Å². The standard InChI is InChI=1S/C12H21N3O/c1-15-12(7-9-14-15)6-5-11(10-16-2)4-3-8-13/h5,7,9H,3-4,6,8,10,13H2,1-2H3. The number of hydrogen-bond acceptors (Lipinski definition) is 3. The molecular weight excluding hydrogens is 202 g/mol. The van der Waals surface area contributed by atoms with Gasteiger partial charge in [0.2, 0.25) is 0 Å². The minimum absolute atomic E-state index is 0.692. The average molecular weight is 223 g/mol. The van der Waals surface area contributed by atoms with Crippen molar-refractivity contribution in [2.45, 2.75) is 19.3 Å². The molecule has 0 atom stereocenters. The number of ether oxygens (including phenoxy) is 1. The second kappa shape index (κ2) is 7.19. The lowest BCUT2D eigenvalue weighted by Crippen LogP contribution is -2.03. The maximum Gasteiger partial charge on any atom is 0.0673 e. The van der Waals surface area contributed by atoms with E-state index in [4.69, 9.17) is 10.5 Å². The highest BCUT2D eigenvalue weighted by Crippen LogP contribution is 2.08. The zero-order valence-corrected chi connectivity index (χ0v) is 10.1. The number of rotatable bonds is 7. The highest BCUT2D eigenvalue weighted by molar-refractivity contribution is 5.11. The Kier molecular flexibility index (Phi) is 5.82. The number of aryl methyl sites for hydroxylation is 1. The van der Waals surface area contributed by atoms with Crippen molar-refractivity contribution in [3.05, 3.63) is 29.6 Å². The molecule has 1 heterocycles. The van der Waals surface area contributed by atoms with Crippen molar-refractivity contribution in [2.75, 3.05) is 20.3 Å². The maximum absolute atomic E-state index is 5.51. The third-order valence-corrected chi connectivity index (χ3v) is 2.55. The Hall–Kier alpha value is -1.13. The second-order valence-electron chi connectivity index (χ2n) is 3.84. The SMILES string of the molecule is COCC(=CCc1ccnn1C)CCCN. The summed E-state index contributed by atoms with van der Waals surface area (Å²) in [6.07, 6.45) is 6.97. The number of methoxy groups -OCH3 is 1. The zero-order valence-electron chi connectivity index (χ0n) is 10.1. The minimum atomic E-state index is 0.692. The van der Waals surface area contributed by atoms with E-state index in [1.54, 1.807) is 7.11 Å². The molecule has 0 bridgehead atoms. The van der Waals surface area contributed by atoms with E-state index >= 15 is 0 Å². The van der Waals surface area contributed by atoms with Crippen LogP contribution in [-0.4, -0.2) is 30.0 Å². The Balaban J connectivity index is 2.53. The zero-order chi connectivity index (χ0) is 11.8. The van der Waals surface area contributed by atoms with Crippen molar-refractivity contribution < 1.29 is 4.74 Å². The molecule has 2 N–H and O–H groups in total. The molecule has 4 nitrogen and oxygen atoms in total. The average Bonchev–Trinajstić information content (AvgIpc) is 2.68. The Labute approximate surface area is 97.1 Å². The molecule has 0 unspecified atom stereocenters. The number of hydrogen-bond donors (Lipinski definition) is 1. The van der Waals surface area contributed by atoms with E-state index < -0.39 is 0 Å². The molecule has 90 valence electrons. The van der Waals surface area contributed by atoms with Crippen molar-refractivity contribution in [1.29, 1.82) is 0 Å². The number of nitrogens with two attached hydrogens (primary N) is 1. The minimum Gasteiger partial charge on any atom is -0.380 e. The summed E-state index contributed by atoms with van der Waals surface area (Å²) in [7, 11) is 3.68. The summed E-state index contributed by atoms with van der Waals surface area (Å²) < 4.78 is 7.06. The van der Waals surface area contributed by atoms with Crippen LogP contribution in [0.2, 0.25) is 0 Å². The highest BCUT2D eigenvalue weighted by Gasteiger charge is 1.99. The highest BCUT2D eigenvalue weighted by atomic mass is 16.5. The fraction of sp³-hybridized carbons (Fsp3) is 0.583. The number of allylic oxidation sites excluding steroid dienone is 1. The van der Waals surface area contributed by atoms with Gasteiger partial charge in [-0.25, -0.2) is 0 Å². The molecule has 0 aromatic carbocycles. The van der Waals surface area contributed by atoms with Crippen LogP contribution >= 0.6 is 0 Å². The summed E-state index contributed by atoms with van der Waals surface area (Å²) in [6.45, 7) is 1.42. The van der Waals surface area contributed by atoms with E-state index in [1.807, 2.05) is 24.0 Å². The summed E-state index contributed by atoms with van der Waals surface area (Å²) in [5.74, 6) is 0. The molecular formula is C12H21N3O. The van der Waals surface area contributed by atoms with Gasteiger partial charge in [0.1, 0.15) is 0 Å². The van der Waals surface area contributed by atoms with Crippen LogP contribution in [0.4, 0.5) is 0 Å². The van der Waals surface area contributed by atoms with Gasteiger partial charge in [-0.05, 0) is 31.0 Å². The molecule has 1 rings (SSSR count). The van der Waals surface area contributed by atoms with Crippen LogP contribution in [-0.2, 0) is 18.2 Å². The molecule has 0 aliphatic rings. The summed E-state index contributed by atoms with van der Waals surface area (Å²) >= 11 is 0. The molecule has 1 aromatic rings. The van der Waals surface area contributed by atoms with Crippen molar-refractivity contribution in [3.8, 4) is 0 Å². The predicted molar refractivity (Wildman–Crippen MR) is 65.2 cm³/mol. The fourth-order valence-corrected chi connectivity index (χ4v) is 1.60. The van der Waals surface area contributed by atoms with Gasteiger partial charge < -0.3 is 10.5 Å². The lowest BCUT2D eigenvalue weighted by Gasteiger charge is -2.06. The van der Waals surface area contributed by atoms with Gasteiger partial charge in [0.25, 0.3) is 0 Å². The van der Waals surface area contributed by atoms with Gasteiger partial charge in [0.15, 0.2) is 0 Å². The first-order valence-corrected chi connectivity index (χ1v) is 5.61. The lowest BCUT2D eigenvalue weighted by molar-refractivity contribution is 0.222. The molecule has 16 heavy (non-hydrogen) atoms. The van der Waals surface area contributed by atoms with Gasteiger partial charge in [0.05, 0.1) is 6.61 Å². The van der Waals surface area contributed by atoms with Crippen LogP contribution in [0.5, 0.6) is 0 Å². The third kappa shape index (κ3) is 4.16. The second-order valence-corrected chi connectivity index (χ2v) is 3.84. The largest absolute Gasteiger partial charge is 0.380 e. The summed E-state index contributed by atoms with van der Waals surface area (Å²) in [4.78, 5) is 0. The molecule has 4 heteroatoms. The van der Waals surface area contributed by atoms with Gasteiger partial charge in [-0.2, -0.15) is 5.10 Å². The van der Waals surface area contributed by atoms with Gasteiger partial charge in [-0.15, -0.1) is 0 Å². The van der Waals surface area contributed by atoms with Gasteiger partial charge >= 0.3 is 0 Å². The Morgan fingerprint density at radius 3 is 3.00 bits per heavy atom. The van der Waals surface area contributed by atoms with Crippen molar-refractivity contribution >= 4 is 0 Å². The van der Waals surface area contributed by atoms with Crippen molar-refractivity contribution in [2.24, 2.45) is 12.8 Å². The Morgan fingerprint density at radius 2 is 2.44 bits per heavy atom. The van der Waals surface area contributed by atoms with Gasteiger partial charge in [-0.1, -0.05) is 6.08 Å². The van der Waals surface area contributed by atoms with E-state index in [0.29, 0.717) is 6.61 Å². The summed E-state index contributed by atoms with van der Waals surface area (Å²) in [5, 5.41) is 4.14. The molecule has 0 spiro atoms. The van der Waals surface area contributed by atoms with Crippen molar-refractivity contribution in [1.82, 2.24) is 9.78 Å². The molecule has 0 aliphatic carbocycles. The number of nitrogens with zero attached hydrogens (tertiary/aromatic N) is 2. The first kappa shape index (κ1) is 12.9. The van der Waals surface area contributed by atoms with Crippen LogP contribution < -0.4 is 5.73 Å². The van der Waals surface area contributed by atoms with E-state index in [-0.39, 0.29) is 0 Å². The Morgan fingerprint density at radius 1 is 1.62 bits per heavy atom. The topological polar surface area (TPSA) is 53.1 Å². The van der Waals surface area contributed by atoms with E-state index in [0.717, 1.165) is 25.8 Å². The molecule has 0 radical (unpaired) electrons. The lowest BCUT2D eigenvalue weighted by atomic mass is 10.1. The monoisotopic (exact) mass is 223 g/mol. The number of aromatic nitrogens is 2. The first-order valence-electron chi connectivity index (χ1n) is 5.61. The normalized spacial score (nSPS) is 12.1. The molecule has 1 aromatic heterocycles. The van der Waals surface area contributed by atoms with Gasteiger partial charge in [-0.3, -0.25) is 4.68 Å². The summed E-state index contributed by atoms with van der Waals surface area (Å²) in [5.41, 5.74) is 8.03. The first-order chi connectivity index (χ1) is 7.77. The van der Waals surface area contributed by atoms with Crippen LogP contribution in [0, 0.1) is 0 Å². The Bertz CT molecular complexity index is 331. The maximum atomic E-state index is 5.51. The van der Waals surface area contributed by atoms with Crippen LogP contribution in [0.25, 0.3) is 0 Å². The molecule has 0 saturated carbocycles. The quantitative estimate of drug-likeness (QED) is 0.708. The van der Waals surface area contributed by atoms with Crippen LogP contribution in [0.15, 0.2) is 23.9 Å². The molecule has 0 fully saturated rings. The predicted octanol–water partition coefficient (Wildman–Crippen LogP) is 1.27. The van der Waals surface area contributed by atoms with Crippen LogP contribution in [0.1, 0.15) is 18.5 Å². The molecule has 0 amide bonds. The van der Waals surface area contributed by atoms with Gasteiger partial charge in [0, 0.05) is 32.5 Å². The van der Waals surface area contributed by atoms with E-state index in [9.17, 15) is 0 Å². The van der Waals surface area contributed by atoms with E-state index in [2.05, 4.69) is 11.2 Å².